The summed E-state index contributed by atoms with van der Waals surface area (Å²) in [7, 11) is 1.65. The van der Waals surface area contributed by atoms with Gasteiger partial charge in [-0.2, -0.15) is 0 Å². The predicted octanol–water partition coefficient (Wildman–Crippen LogP) is 4.24. The second kappa shape index (κ2) is 6.50. The summed E-state index contributed by atoms with van der Waals surface area (Å²) in [5.41, 5.74) is 2.79. The first kappa shape index (κ1) is 16.1. The molecule has 0 saturated carbocycles. The van der Waals surface area contributed by atoms with E-state index >= 15 is 0 Å². The number of rotatable bonds is 5. The Balaban J connectivity index is 1.80. The number of fused-ring (bicyclic) bond motifs is 3. The molecule has 126 valence electrons. The molecule has 5 nitrogen and oxygen atoms in total. The minimum absolute atomic E-state index is 0.0973. The fourth-order valence-corrected chi connectivity index (χ4v) is 4.41. The molecule has 25 heavy (non-hydrogen) atoms. The first-order chi connectivity index (χ1) is 12.2. The molecule has 0 aliphatic rings. The van der Waals surface area contributed by atoms with Crippen molar-refractivity contribution in [3.63, 3.8) is 0 Å². The van der Waals surface area contributed by atoms with Gasteiger partial charge < -0.3 is 4.74 Å². The number of benzene rings is 1. The van der Waals surface area contributed by atoms with Crippen LogP contribution in [-0.2, 0) is 0 Å². The maximum atomic E-state index is 12.3. The van der Waals surface area contributed by atoms with Crippen LogP contribution in [0.4, 0.5) is 0 Å². The summed E-state index contributed by atoms with van der Waals surface area (Å²) in [5.74, 6) is 1.18. The number of ether oxygens (including phenoxy) is 1. The highest BCUT2D eigenvalue weighted by Crippen LogP contribution is 2.32. The Kier molecular flexibility index (Phi) is 4.19. The van der Waals surface area contributed by atoms with E-state index in [9.17, 15) is 4.79 Å². The van der Waals surface area contributed by atoms with E-state index in [2.05, 4.69) is 16.3 Å². The normalized spacial score (nSPS) is 11.3. The van der Waals surface area contributed by atoms with Crippen molar-refractivity contribution in [2.75, 3.05) is 12.9 Å². The van der Waals surface area contributed by atoms with Gasteiger partial charge in [-0.25, -0.2) is 0 Å². The van der Waals surface area contributed by atoms with Crippen molar-refractivity contribution in [1.82, 2.24) is 14.6 Å². The average Bonchev–Trinajstić information content (AvgIpc) is 3.29. The average molecular weight is 369 g/mol. The van der Waals surface area contributed by atoms with Gasteiger partial charge in [-0.1, -0.05) is 30.0 Å². The number of ketones is 1. The van der Waals surface area contributed by atoms with Crippen molar-refractivity contribution in [3.05, 3.63) is 52.2 Å². The summed E-state index contributed by atoms with van der Waals surface area (Å²) in [5, 5.41) is 12.2. The highest BCUT2D eigenvalue weighted by atomic mass is 32.2. The molecule has 3 heterocycles. The maximum absolute atomic E-state index is 12.3. The monoisotopic (exact) mass is 369 g/mol. The van der Waals surface area contributed by atoms with Crippen LogP contribution in [0.1, 0.15) is 15.2 Å². The van der Waals surface area contributed by atoms with Crippen LogP contribution in [0.3, 0.4) is 0 Å². The van der Waals surface area contributed by atoms with E-state index < -0.39 is 0 Å². The number of aromatic nitrogens is 3. The Hall–Kier alpha value is -2.38. The van der Waals surface area contributed by atoms with Crippen LogP contribution in [0.5, 0.6) is 5.75 Å². The number of thiophene rings is 1. The number of Topliss-reactive ketones (excluding diaryl/α,β-unsaturated/α-hetero) is 1. The number of hydrogen-bond acceptors (Lipinski definition) is 6. The summed E-state index contributed by atoms with van der Waals surface area (Å²) in [6.07, 6.45) is 0. The van der Waals surface area contributed by atoms with Crippen molar-refractivity contribution in [2.45, 2.75) is 12.1 Å². The molecule has 0 aliphatic heterocycles. The van der Waals surface area contributed by atoms with Crippen LogP contribution in [0.25, 0.3) is 16.6 Å². The zero-order valence-electron chi connectivity index (χ0n) is 13.7. The van der Waals surface area contributed by atoms with Gasteiger partial charge in [0, 0.05) is 5.39 Å². The van der Waals surface area contributed by atoms with E-state index in [1.165, 1.54) is 23.1 Å². The number of para-hydroxylation sites is 1. The standard InChI is InChI=1S/C18H15N3O2S2/c1-11-9-16-19-20-18(25-10-13(22)15-7-4-8-24-15)21(16)17-12(11)5-3-6-14(17)23-2/h3-9H,10H2,1-2H3. The van der Waals surface area contributed by atoms with Crippen molar-refractivity contribution < 1.29 is 9.53 Å². The largest absolute Gasteiger partial charge is 0.495 e. The minimum atomic E-state index is 0.0973. The number of nitrogens with zero attached hydrogens (tertiary/aromatic N) is 3. The molecule has 4 aromatic rings. The third-order valence-electron chi connectivity index (χ3n) is 4.00. The molecule has 0 fully saturated rings. The summed E-state index contributed by atoms with van der Waals surface area (Å²) in [6, 6.07) is 11.7. The summed E-state index contributed by atoms with van der Waals surface area (Å²) < 4.78 is 7.51. The summed E-state index contributed by atoms with van der Waals surface area (Å²) >= 11 is 2.85. The van der Waals surface area contributed by atoms with Gasteiger partial charge in [-0.3, -0.25) is 9.20 Å². The molecule has 1 aromatic carbocycles. The first-order valence-corrected chi connectivity index (χ1v) is 9.56. The Morgan fingerprint density at radius 3 is 2.92 bits per heavy atom. The van der Waals surface area contributed by atoms with E-state index in [4.69, 9.17) is 4.74 Å². The zero-order chi connectivity index (χ0) is 17.4. The molecule has 0 aliphatic carbocycles. The number of hydrogen-bond donors (Lipinski definition) is 0. The molecule has 0 amide bonds. The third-order valence-corrected chi connectivity index (χ3v) is 5.84. The summed E-state index contributed by atoms with van der Waals surface area (Å²) in [4.78, 5) is 13.0. The SMILES string of the molecule is COc1cccc2c(C)cc3nnc(SCC(=O)c4cccs4)n3c12. The van der Waals surface area contributed by atoms with Gasteiger partial charge in [0.05, 0.1) is 23.3 Å². The van der Waals surface area contributed by atoms with Gasteiger partial charge in [0.1, 0.15) is 5.75 Å². The van der Waals surface area contributed by atoms with E-state index in [-0.39, 0.29) is 5.78 Å². The fourth-order valence-electron chi connectivity index (χ4n) is 2.82. The van der Waals surface area contributed by atoms with Gasteiger partial charge in [0.25, 0.3) is 0 Å². The first-order valence-electron chi connectivity index (χ1n) is 7.70. The predicted molar refractivity (Wildman–Crippen MR) is 101 cm³/mol. The molecule has 7 heteroatoms. The molecule has 3 aromatic heterocycles. The van der Waals surface area contributed by atoms with Gasteiger partial charge in [-0.05, 0) is 36.1 Å². The topological polar surface area (TPSA) is 56.5 Å². The van der Waals surface area contributed by atoms with Crippen LogP contribution in [-0.4, -0.2) is 33.2 Å². The lowest BCUT2D eigenvalue weighted by atomic mass is 10.1. The lowest BCUT2D eigenvalue weighted by Crippen LogP contribution is -2.01. The lowest BCUT2D eigenvalue weighted by Gasteiger charge is -2.11. The van der Waals surface area contributed by atoms with Gasteiger partial charge in [-0.15, -0.1) is 21.5 Å². The van der Waals surface area contributed by atoms with Crippen LogP contribution in [0, 0.1) is 6.92 Å². The number of methoxy groups -OCH3 is 1. The second-order valence-electron chi connectivity index (χ2n) is 5.55. The minimum Gasteiger partial charge on any atom is -0.495 e. The number of pyridine rings is 1. The Labute approximate surface area is 152 Å². The van der Waals surface area contributed by atoms with Crippen LogP contribution in [0.2, 0.25) is 0 Å². The van der Waals surface area contributed by atoms with E-state index in [1.807, 2.05) is 47.0 Å². The van der Waals surface area contributed by atoms with Gasteiger partial charge in [0.2, 0.25) is 0 Å². The molecule has 0 radical (unpaired) electrons. The highest BCUT2D eigenvalue weighted by Gasteiger charge is 2.16. The van der Waals surface area contributed by atoms with Gasteiger partial charge >= 0.3 is 0 Å². The molecule has 0 atom stereocenters. The molecule has 4 rings (SSSR count). The molecule has 0 saturated heterocycles. The zero-order valence-corrected chi connectivity index (χ0v) is 15.4. The van der Waals surface area contributed by atoms with Crippen molar-refractivity contribution in [1.29, 1.82) is 0 Å². The van der Waals surface area contributed by atoms with Crippen LogP contribution >= 0.6 is 23.1 Å². The van der Waals surface area contributed by atoms with Gasteiger partial charge in [0.15, 0.2) is 16.6 Å². The Morgan fingerprint density at radius 2 is 2.16 bits per heavy atom. The quantitative estimate of drug-likeness (QED) is 0.389. The molecule has 0 N–H and O–H groups in total. The van der Waals surface area contributed by atoms with Crippen molar-refractivity contribution in [3.8, 4) is 5.75 Å². The number of carbonyl (C=O) groups is 1. The highest BCUT2D eigenvalue weighted by molar-refractivity contribution is 7.99. The Bertz CT molecular complexity index is 1070. The molecular weight excluding hydrogens is 354 g/mol. The number of thioether (sulfide) groups is 1. The van der Waals surface area contributed by atoms with E-state index in [1.54, 1.807) is 7.11 Å². The number of carbonyl (C=O) groups excluding carboxylic acids is 1. The molecule has 0 bridgehead atoms. The lowest BCUT2D eigenvalue weighted by molar-refractivity contribution is 0.102. The number of aryl methyl sites for hydroxylation is 1. The van der Waals surface area contributed by atoms with E-state index in [0.29, 0.717) is 10.9 Å². The smallest absolute Gasteiger partial charge is 0.196 e. The van der Waals surface area contributed by atoms with Crippen LogP contribution in [0.15, 0.2) is 46.9 Å². The molecule has 0 unspecified atom stereocenters. The van der Waals surface area contributed by atoms with Crippen molar-refractivity contribution in [2.24, 2.45) is 0 Å². The van der Waals surface area contributed by atoms with Crippen LogP contribution < -0.4 is 4.74 Å². The Morgan fingerprint density at radius 1 is 1.28 bits per heavy atom. The maximum Gasteiger partial charge on any atom is 0.196 e. The fraction of sp³-hybridized carbons (Fsp3) is 0.167. The summed E-state index contributed by atoms with van der Waals surface area (Å²) in [6.45, 7) is 2.05. The molecule has 0 spiro atoms. The van der Waals surface area contributed by atoms with E-state index in [0.717, 1.165) is 32.7 Å². The molecular formula is C18H15N3O2S2. The van der Waals surface area contributed by atoms with Crippen molar-refractivity contribution >= 4 is 45.4 Å². The third kappa shape index (κ3) is 2.79. The second-order valence-corrected chi connectivity index (χ2v) is 7.44.